The first-order valence-electron chi connectivity index (χ1n) is 4.90. The third-order valence-corrected chi connectivity index (χ3v) is 1.85. The van der Waals surface area contributed by atoms with Gasteiger partial charge in [-0.05, 0) is 13.0 Å². The number of nitrogens with one attached hydrogen (secondary N) is 3. The first-order valence-corrected chi connectivity index (χ1v) is 4.90. The topological polar surface area (TPSA) is 66.0 Å². The summed E-state index contributed by atoms with van der Waals surface area (Å²) >= 11 is 0. The lowest BCUT2D eigenvalue weighted by Crippen LogP contribution is -2.26. The molecule has 0 aliphatic carbocycles. The van der Waals surface area contributed by atoms with Crippen molar-refractivity contribution in [3.63, 3.8) is 0 Å². The molecule has 0 aliphatic rings. The Morgan fingerprint density at radius 2 is 2.27 bits per heavy atom. The Balaban J connectivity index is 2.53. The molecule has 1 aromatic heterocycles. The third kappa shape index (κ3) is 3.84. The molecule has 0 saturated heterocycles. The smallest absolute Gasteiger partial charge is 0.239 e. The van der Waals surface area contributed by atoms with Crippen LogP contribution in [-0.4, -0.2) is 31.0 Å². The van der Waals surface area contributed by atoms with Crippen molar-refractivity contribution < 1.29 is 4.79 Å². The van der Waals surface area contributed by atoms with Gasteiger partial charge >= 0.3 is 0 Å². The monoisotopic (exact) mass is 208 g/mol. The van der Waals surface area contributed by atoms with E-state index in [0.29, 0.717) is 0 Å². The van der Waals surface area contributed by atoms with Crippen molar-refractivity contribution in [1.82, 2.24) is 10.3 Å². The van der Waals surface area contributed by atoms with E-state index in [-0.39, 0.29) is 12.5 Å². The van der Waals surface area contributed by atoms with E-state index in [1.54, 1.807) is 13.2 Å². The number of pyridine rings is 1. The Hall–Kier alpha value is -1.78. The minimum absolute atomic E-state index is 0.0446. The molecule has 0 fully saturated rings. The summed E-state index contributed by atoms with van der Waals surface area (Å²) in [4.78, 5) is 15.1. The van der Waals surface area contributed by atoms with E-state index in [4.69, 9.17) is 0 Å². The maximum Gasteiger partial charge on any atom is 0.239 e. The average Bonchev–Trinajstić information content (AvgIpc) is 2.27. The molecule has 82 valence electrons. The molecule has 1 amide bonds. The zero-order valence-corrected chi connectivity index (χ0v) is 9.00. The molecule has 0 aromatic carbocycles. The first kappa shape index (κ1) is 11.3. The van der Waals surface area contributed by atoms with Gasteiger partial charge in [0.05, 0.1) is 6.54 Å². The van der Waals surface area contributed by atoms with E-state index in [9.17, 15) is 4.79 Å². The quantitative estimate of drug-likeness (QED) is 0.665. The van der Waals surface area contributed by atoms with Crippen molar-refractivity contribution in [3.05, 3.63) is 18.3 Å². The van der Waals surface area contributed by atoms with Gasteiger partial charge < -0.3 is 16.0 Å². The van der Waals surface area contributed by atoms with Crippen LogP contribution in [0.5, 0.6) is 0 Å². The van der Waals surface area contributed by atoms with Crippen LogP contribution < -0.4 is 16.0 Å². The normalized spacial score (nSPS) is 9.47. The third-order valence-electron chi connectivity index (χ3n) is 1.85. The largest absolute Gasteiger partial charge is 0.376 e. The summed E-state index contributed by atoms with van der Waals surface area (Å²) < 4.78 is 0. The molecule has 0 radical (unpaired) electrons. The fraction of sp³-hybridized carbons (Fsp3) is 0.400. The van der Waals surface area contributed by atoms with Crippen molar-refractivity contribution >= 4 is 17.4 Å². The van der Waals surface area contributed by atoms with E-state index >= 15 is 0 Å². The number of amides is 1. The summed E-state index contributed by atoms with van der Waals surface area (Å²) in [6.07, 6.45) is 1.70. The number of nitrogens with zero attached hydrogens (tertiary/aromatic N) is 1. The highest BCUT2D eigenvalue weighted by molar-refractivity contribution is 5.80. The molecule has 0 atom stereocenters. The van der Waals surface area contributed by atoms with E-state index in [1.165, 1.54) is 0 Å². The molecule has 3 N–H and O–H groups in total. The summed E-state index contributed by atoms with van der Waals surface area (Å²) in [7, 11) is 1.61. The summed E-state index contributed by atoms with van der Waals surface area (Å²) in [5, 5.41) is 8.64. The number of rotatable bonds is 5. The van der Waals surface area contributed by atoms with E-state index in [2.05, 4.69) is 20.9 Å². The number of hydrogen-bond acceptors (Lipinski definition) is 4. The van der Waals surface area contributed by atoms with Gasteiger partial charge in [-0.2, -0.15) is 0 Å². The fourth-order valence-corrected chi connectivity index (χ4v) is 1.09. The Morgan fingerprint density at radius 1 is 1.47 bits per heavy atom. The van der Waals surface area contributed by atoms with Crippen LogP contribution in [0, 0.1) is 0 Å². The lowest BCUT2D eigenvalue weighted by Gasteiger charge is -2.07. The Labute approximate surface area is 89.3 Å². The van der Waals surface area contributed by atoms with Crippen LogP contribution in [0.25, 0.3) is 0 Å². The predicted molar refractivity (Wildman–Crippen MR) is 61.0 cm³/mol. The predicted octanol–water partition coefficient (Wildman–Crippen LogP) is 0.671. The molecule has 1 aromatic rings. The van der Waals surface area contributed by atoms with Crippen LogP contribution in [0.4, 0.5) is 11.5 Å². The molecule has 5 heteroatoms. The lowest BCUT2D eigenvalue weighted by atomic mass is 10.3. The molecule has 1 heterocycles. The van der Waals surface area contributed by atoms with Gasteiger partial charge in [-0.15, -0.1) is 0 Å². The highest BCUT2D eigenvalue weighted by Gasteiger charge is 1.98. The van der Waals surface area contributed by atoms with E-state index in [0.717, 1.165) is 18.1 Å². The molecular weight excluding hydrogens is 192 g/mol. The maximum absolute atomic E-state index is 11.0. The van der Waals surface area contributed by atoms with Crippen LogP contribution in [0.1, 0.15) is 6.92 Å². The summed E-state index contributed by atoms with van der Waals surface area (Å²) in [6.45, 7) is 3.10. The molecule has 1 rings (SSSR count). The Kier molecular flexibility index (Phi) is 4.40. The molecule has 0 spiro atoms. The molecule has 0 saturated carbocycles. The first-order chi connectivity index (χ1) is 7.26. The zero-order valence-electron chi connectivity index (χ0n) is 9.00. The van der Waals surface area contributed by atoms with Gasteiger partial charge in [-0.3, -0.25) is 4.79 Å². The SMILES string of the molecule is CCNc1cc(NCC(=O)NC)ccn1. The van der Waals surface area contributed by atoms with Crippen molar-refractivity contribution in [3.8, 4) is 0 Å². The van der Waals surface area contributed by atoms with Gasteiger partial charge in [0, 0.05) is 31.5 Å². The second-order valence-corrected chi connectivity index (χ2v) is 2.99. The van der Waals surface area contributed by atoms with Crippen LogP contribution in [0.2, 0.25) is 0 Å². The second kappa shape index (κ2) is 5.85. The van der Waals surface area contributed by atoms with Gasteiger partial charge in [0.2, 0.25) is 5.91 Å². The van der Waals surface area contributed by atoms with Crippen LogP contribution >= 0.6 is 0 Å². The minimum Gasteiger partial charge on any atom is -0.376 e. The van der Waals surface area contributed by atoms with Crippen LogP contribution in [-0.2, 0) is 4.79 Å². The Bertz CT molecular complexity index is 327. The van der Waals surface area contributed by atoms with Gasteiger partial charge in [-0.1, -0.05) is 0 Å². The zero-order chi connectivity index (χ0) is 11.1. The highest BCUT2D eigenvalue weighted by Crippen LogP contribution is 2.10. The molecular formula is C10H16N4O. The number of anilines is 2. The average molecular weight is 208 g/mol. The Morgan fingerprint density at radius 3 is 2.93 bits per heavy atom. The van der Waals surface area contributed by atoms with Crippen LogP contribution in [0.15, 0.2) is 18.3 Å². The van der Waals surface area contributed by atoms with Crippen molar-refractivity contribution in [2.45, 2.75) is 6.92 Å². The highest BCUT2D eigenvalue weighted by atomic mass is 16.1. The number of hydrogen-bond donors (Lipinski definition) is 3. The number of carbonyl (C=O) groups is 1. The molecule has 5 nitrogen and oxygen atoms in total. The minimum atomic E-state index is -0.0446. The van der Waals surface area contributed by atoms with E-state index in [1.807, 2.05) is 19.1 Å². The van der Waals surface area contributed by atoms with Crippen molar-refractivity contribution in [2.75, 3.05) is 30.8 Å². The second-order valence-electron chi connectivity index (χ2n) is 2.99. The molecule has 0 bridgehead atoms. The summed E-state index contributed by atoms with van der Waals surface area (Å²) in [6, 6.07) is 3.69. The fourth-order valence-electron chi connectivity index (χ4n) is 1.09. The summed E-state index contributed by atoms with van der Waals surface area (Å²) in [5.41, 5.74) is 0.879. The molecule has 15 heavy (non-hydrogen) atoms. The lowest BCUT2D eigenvalue weighted by molar-refractivity contribution is -0.118. The van der Waals surface area contributed by atoms with Gasteiger partial charge in [0.1, 0.15) is 5.82 Å². The maximum atomic E-state index is 11.0. The van der Waals surface area contributed by atoms with Gasteiger partial charge in [-0.25, -0.2) is 4.98 Å². The number of likely N-dealkylation sites (N-methyl/N-ethyl adjacent to an activating group) is 1. The van der Waals surface area contributed by atoms with Gasteiger partial charge in [0.25, 0.3) is 0 Å². The molecule has 0 unspecified atom stereocenters. The van der Waals surface area contributed by atoms with Crippen molar-refractivity contribution in [1.29, 1.82) is 0 Å². The number of aromatic nitrogens is 1. The van der Waals surface area contributed by atoms with E-state index < -0.39 is 0 Å². The van der Waals surface area contributed by atoms with Crippen molar-refractivity contribution in [2.24, 2.45) is 0 Å². The van der Waals surface area contributed by atoms with Crippen LogP contribution in [0.3, 0.4) is 0 Å². The number of carbonyl (C=O) groups excluding carboxylic acids is 1. The van der Waals surface area contributed by atoms with Gasteiger partial charge in [0.15, 0.2) is 0 Å². The molecule has 0 aliphatic heterocycles. The summed E-state index contributed by atoms with van der Waals surface area (Å²) in [5.74, 6) is 0.760. The standard InChI is InChI=1S/C10H16N4O/c1-3-12-9-6-8(4-5-13-9)14-7-10(15)11-2/h4-6H,3,7H2,1-2H3,(H,11,15)(H2,12,13,14).